The zero-order valence-electron chi connectivity index (χ0n) is 11.0. The lowest BCUT2D eigenvalue weighted by Gasteiger charge is -2.10. The predicted molar refractivity (Wildman–Crippen MR) is 73.0 cm³/mol. The smallest absolute Gasteiger partial charge is 0.299 e. The van der Waals surface area contributed by atoms with E-state index < -0.39 is 0 Å². The fourth-order valence-electron chi connectivity index (χ4n) is 1.65. The molecule has 0 aliphatic carbocycles. The van der Waals surface area contributed by atoms with Gasteiger partial charge in [0.2, 0.25) is 0 Å². The maximum Gasteiger partial charge on any atom is 0.299 e. The number of aromatic nitrogens is 4. The van der Waals surface area contributed by atoms with Crippen molar-refractivity contribution in [2.45, 2.75) is 20.4 Å². The highest BCUT2D eigenvalue weighted by molar-refractivity contribution is 7.10. The molecule has 0 spiro atoms. The summed E-state index contributed by atoms with van der Waals surface area (Å²) >= 11 is 1.27. The van der Waals surface area contributed by atoms with Crippen molar-refractivity contribution in [1.82, 2.24) is 19.1 Å². The molecule has 0 saturated carbocycles. The third-order valence-electron chi connectivity index (χ3n) is 2.48. The third kappa shape index (κ3) is 2.90. The van der Waals surface area contributed by atoms with E-state index in [-0.39, 0.29) is 18.1 Å². The molecule has 2 rings (SSSR count). The number of nitrogens with zero attached hydrogens (tertiary/aromatic N) is 4. The lowest BCUT2D eigenvalue weighted by atomic mass is 10.4. The molecular weight excluding hydrogens is 266 g/mol. The van der Waals surface area contributed by atoms with Crippen LogP contribution in [-0.4, -0.2) is 32.8 Å². The number of ether oxygens (including phenoxy) is 1. The molecule has 0 aliphatic heterocycles. The number of nitrogens with one attached hydrogen (secondary N) is 1. The summed E-state index contributed by atoms with van der Waals surface area (Å²) in [6.07, 6.45) is 0. The highest BCUT2D eigenvalue weighted by Crippen LogP contribution is 2.19. The molecule has 0 saturated heterocycles. The van der Waals surface area contributed by atoms with Gasteiger partial charge in [-0.15, -0.1) is 5.10 Å². The quantitative estimate of drug-likeness (QED) is 0.876. The molecule has 1 N–H and O–H groups in total. The molecule has 7 nitrogen and oxygen atoms in total. The Morgan fingerprint density at radius 1 is 1.53 bits per heavy atom. The Bertz CT molecular complexity index is 622. The number of methoxy groups -OCH3 is 1. The molecule has 0 fully saturated rings. The number of hydrogen-bond donors (Lipinski definition) is 1. The second kappa shape index (κ2) is 5.79. The highest BCUT2D eigenvalue weighted by atomic mass is 32.1. The normalized spacial score (nSPS) is 10.5. The van der Waals surface area contributed by atoms with Gasteiger partial charge in [-0.1, -0.05) is 4.49 Å². The van der Waals surface area contributed by atoms with Gasteiger partial charge in [-0.3, -0.25) is 9.36 Å². The monoisotopic (exact) mass is 281 g/mol. The van der Waals surface area contributed by atoms with E-state index in [0.717, 1.165) is 11.5 Å². The molecule has 0 atom stereocenters. The lowest BCUT2D eigenvalue weighted by molar-refractivity contribution is 0.349. The molecule has 2 heterocycles. The van der Waals surface area contributed by atoms with Gasteiger partial charge in [-0.05, 0) is 13.8 Å². The van der Waals surface area contributed by atoms with Crippen molar-refractivity contribution in [1.29, 1.82) is 0 Å². The van der Waals surface area contributed by atoms with Gasteiger partial charge in [0.1, 0.15) is 10.7 Å². The lowest BCUT2D eigenvalue weighted by Crippen LogP contribution is -2.23. The van der Waals surface area contributed by atoms with Gasteiger partial charge in [0, 0.05) is 29.8 Å². The topological polar surface area (TPSA) is 81.9 Å². The Hall–Kier alpha value is -1.96. The van der Waals surface area contributed by atoms with Gasteiger partial charge in [0.25, 0.3) is 11.6 Å². The van der Waals surface area contributed by atoms with Crippen LogP contribution in [0, 0.1) is 6.92 Å². The summed E-state index contributed by atoms with van der Waals surface area (Å²) in [5.74, 6) is 0. The fourth-order valence-corrected chi connectivity index (χ4v) is 2.29. The van der Waals surface area contributed by atoms with Gasteiger partial charge in [0.05, 0.1) is 13.7 Å². The van der Waals surface area contributed by atoms with Crippen molar-refractivity contribution in [3.05, 3.63) is 27.8 Å². The fraction of sp³-hybridized carbons (Fsp3) is 0.455. The van der Waals surface area contributed by atoms with E-state index in [0.29, 0.717) is 11.4 Å². The summed E-state index contributed by atoms with van der Waals surface area (Å²) in [6, 6.07) is 1.75. The molecule has 0 aliphatic rings. The summed E-state index contributed by atoms with van der Waals surface area (Å²) in [4.78, 5) is 16.2. The van der Waals surface area contributed by atoms with Crippen molar-refractivity contribution in [3.63, 3.8) is 0 Å². The zero-order valence-corrected chi connectivity index (χ0v) is 11.8. The van der Waals surface area contributed by atoms with Gasteiger partial charge in [0.15, 0.2) is 0 Å². The second-order valence-corrected chi connectivity index (χ2v) is 4.64. The molecule has 0 amide bonds. The number of aryl methyl sites for hydroxylation is 1. The Morgan fingerprint density at radius 3 is 3.00 bits per heavy atom. The van der Waals surface area contributed by atoms with Gasteiger partial charge >= 0.3 is 0 Å². The maximum absolute atomic E-state index is 12.0. The largest absolute Gasteiger partial charge is 0.468 e. The Kier molecular flexibility index (Phi) is 4.10. The van der Waals surface area contributed by atoms with Crippen molar-refractivity contribution >= 4 is 16.5 Å². The molecular formula is C11H15N5O2S. The zero-order chi connectivity index (χ0) is 13.8. The second-order valence-electron chi connectivity index (χ2n) is 3.89. The van der Waals surface area contributed by atoms with Crippen LogP contribution in [0.3, 0.4) is 0 Å². The van der Waals surface area contributed by atoms with Gasteiger partial charge < -0.3 is 10.1 Å². The van der Waals surface area contributed by atoms with Gasteiger partial charge in [-0.25, -0.2) is 4.98 Å². The first-order chi connectivity index (χ1) is 9.15. The van der Waals surface area contributed by atoms with E-state index >= 15 is 0 Å². The Balaban J connectivity index is 2.38. The standard InChI is InChI=1S/C11H15N5O2S/c1-4-12-10-8(14-15-19-10)6-16-9(17)5-7(2)13-11(16)18-3/h5,12H,4,6H2,1-3H3. The summed E-state index contributed by atoms with van der Waals surface area (Å²) in [7, 11) is 1.49. The third-order valence-corrected chi connectivity index (χ3v) is 3.21. The van der Waals surface area contributed by atoms with Crippen LogP contribution in [-0.2, 0) is 6.54 Å². The number of rotatable bonds is 5. The number of anilines is 1. The molecule has 0 unspecified atom stereocenters. The molecule has 0 bridgehead atoms. The van der Waals surface area contributed by atoms with Crippen molar-refractivity contribution < 1.29 is 4.74 Å². The molecule has 8 heteroatoms. The molecule has 19 heavy (non-hydrogen) atoms. The first kappa shape index (κ1) is 13.5. The molecule has 102 valence electrons. The van der Waals surface area contributed by atoms with E-state index in [1.165, 1.54) is 29.3 Å². The van der Waals surface area contributed by atoms with E-state index in [4.69, 9.17) is 4.74 Å². The van der Waals surface area contributed by atoms with Crippen LogP contribution < -0.4 is 15.6 Å². The maximum atomic E-state index is 12.0. The van der Waals surface area contributed by atoms with E-state index in [2.05, 4.69) is 19.9 Å². The molecule has 0 aromatic carbocycles. The van der Waals surface area contributed by atoms with Crippen LogP contribution in [0.5, 0.6) is 6.01 Å². The minimum absolute atomic E-state index is 0.167. The average Bonchev–Trinajstić information content (AvgIpc) is 2.80. The number of hydrogen-bond acceptors (Lipinski definition) is 7. The Labute approximate surface area is 114 Å². The summed E-state index contributed by atoms with van der Waals surface area (Å²) in [5.41, 5.74) is 1.17. The SMILES string of the molecule is CCNc1snnc1Cn1c(OC)nc(C)cc1=O. The summed E-state index contributed by atoms with van der Waals surface area (Å²) < 4.78 is 10.5. The Morgan fingerprint density at radius 2 is 2.32 bits per heavy atom. The van der Waals surface area contributed by atoms with Crippen LogP contribution in [0.1, 0.15) is 18.3 Å². The van der Waals surface area contributed by atoms with Crippen LogP contribution in [0.4, 0.5) is 5.00 Å². The summed E-state index contributed by atoms with van der Waals surface area (Å²) in [5, 5.41) is 8.05. The van der Waals surface area contributed by atoms with Crippen LogP contribution in [0.15, 0.2) is 10.9 Å². The van der Waals surface area contributed by atoms with Crippen molar-refractivity contribution in [2.75, 3.05) is 19.0 Å². The van der Waals surface area contributed by atoms with Crippen LogP contribution in [0.2, 0.25) is 0 Å². The van der Waals surface area contributed by atoms with Gasteiger partial charge in [-0.2, -0.15) is 0 Å². The van der Waals surface area contributed by atoms with E-state index in [9.17, 15) is 4.79 Å². The molecule has 2 aromatic rings. The molecule has 2 aromatic heterocycles. The predicted octanol–water partition coefficient (Wildman–Crippen LogP) is 0.892. The first-order valence-electron chi connectivity index (χ1n) is 5.83. The highest BCUT2D eigenvalue weighted by Gasteiger charge is 2.13. The van der Waals surface area contributed by atoms with Crippen molar-refractivity contribution in [2.24, 2.45) is 0 Å². The first-order valence-corrected chi connectivity index (χ1v) is 6.60. The minimum atomic E-state index is -0.167. The van der Waals surface area contributed by atoms with Crippen molar-refractivity contribution in [3.8, 4) is 6.01 Å². The van der Waals surface area contributed by atoms with Crippen LogP contribution >= 0.6 is 11.5 Å². The summed E-state index contributed by atoms with van der Waals surface area (Å²) in [6.45, 7) is 4.80. The van der Waals surface area contributed by atoms with Crippen LogP contribution in [0.25, 0.3) is 0 Å². The van der Waals surface area contributed by atoms with E-state index in [1.54, 1.807) is 6.92 Å². The minimum Gasteiger partial charge on any atom is -0.468 e. The average molecular weight is 281 g/mol. The molecule has 0 radical (unpaired) electrons. The van der Waals surface area contributed by atoms with E-state index in [1.807, 2.05) is 6.92 Å².